The van der Waals surface area contributed by atoms with Crippen LogP contribution in [0.5, 0.6) is 0 Å². The second-order valence-corrected chi connectivity index (χ2v) is 5.45. The van der Waals surface area contributed by atoms with E-state index in [2.05, 4.69) is 37.4 Å². The normalized spacial score (nSPS) is 22.2. The highest BCUT2D eigenvalue weighted by molar-refractivity contribution is 5.37. The Bertz CT molecular complexity index is 387. The summed E-state index contributed by atoms with van der Waals surface area (Å²) in [5, 5.41) is 13.0. The van der Waals surface area contributed by atoms with Gasteiger partial charge in [0.2, 0.25) is 0 Å². The Labute approximate surface area is 104 Å². The van der Waals surface area contributed by atoms with Crippen LogP contribution in [0.15, 0.2) is 18.2 Å². The summed E-state index contributed by atoms with van der Waals surface area (Å²) in [6.45, 7) is 6.15. The van der Waals surface area contributed by atoms with E-state index in [4.69, 9.17) is 0 Å². The molecule has 2 nitrogen and oxygen atoms in total. The molecule has 3 atom stereocenters. The van der Waals surface area contributed by atoms with Crippen LogP contribution in [0.25, 0.3) is 0 Å². The van der Waals surface area contributed by atoms with Crippen molar-refractivity contribution in [3.63, 3.8) is 0 Å². The number of hydrogen-bond acceptors (Lipinski definition) is 2. The fourth-order valence-electron chi connectivity index (χ4n) is 2.82. The number of rotatable bonds is 4. The van der Waals surface area contributed by atoms with Gasteiger partial charge >= 0.3 is 0 Å². The van der Waals surface area contributed by atoms with Crippen LogP contribution in [-0.2, 0) is 6.42 Å². The van der Waals surface area contributed by atoms with Crippen LogP contribution in [0.1, 0.15) is 49.4 Å². The average Bonchev–Trinajstić information content (AvgIpc) is 2.60. The van der Waals surface area contributed by atoms with Gasteiger partial charge < -0.3 is 10.4 Å². The van der Waals surface area contributed by atoms with Crippen molar-refractivity contribution >= 4 is 0 Å². The number of benzene rings is 1. The first-order chi connectivity index (χ1) is 8.06. The second-order valence-electron chi connectivity index (χ2n) is 5.45. The van der Waals surface area contributed by atoms with E-state index in [0.29, 0.717) is 12.1 Å². The number of hydrogen-bond donors (Lipinski definition) is 2. The van der Waals surface area contributed by atoms with E-state index < -0.39 is 0 Å². The molecule has 0 saturated carbocycles. The SMILES string of the molecule is Cc1ccc2c(c1)C(NC(C)CC(C)O)CC2. The smallest absolute Gasteiger partial charge is 0.0526 e. The minimum atomic E-state index is -0.226. The van der Waals surface area contributed by atoms with Gasteiger partial charge in [-0.05, 0) is 51.2 Å². The maximum Gasteiger partial charge on any atom is 0.0526 e. The summed E-state index contributed by atoms with van der Waals surface area (Å²) in [5.74, 6) is 0. The highest BCUT2D eigenvalue weighted by Gasteiger charge is 2.23. The lowest BCUT2D eigenvalue weighted by Crippen LogP contribution is -2.31. The Kier molecular flexibility index (Phi) is 3.85. The summed E-state index contributed by atoms with van der Waals surface area (Å²) in [5.41, 5.74) is 4.28. The molecule has 0 heterocycles. The summed E-state index contributed by atoms with van der Waals surface area (Å²) in [6, 6.07) is 7.59. The van der Waals surface area contributed by atoms with Crippen LogP contribution >= 0.6 is 0 Å². The summed E-state index contributed by atoms with van der Waals surface area (Å²) in [4.78, 5) is 0. The molecule has 0 fully saturated rings. The summed E-state index contributed by atoms with van der Waals surface area (Å²) < 4.78 is 0. The molecular weight excluding hydrogens is 210 g/mol. The van der Waals surface area contributed by atoms with Crippen molar-refractivity contribution in [1.82, 2.24) is 5.32 Å². The van der Waals surface area contributed by atoms with E-state index in [1.165, 1.54) is 29.5 Å². The molecule has 94 valence electrons. The number of aliphatic hydroxyl groups excluding tert-OH is 1. The van der Waals surface area contributed by atoms with Gasteiger partial charge in [0.25, 0.3) is 0 Å². The second kappa shape index (κ2) is 5.19. The predicted molar refractivity (Wildman–Crippen MR) is 71.1 cm³/mol. The molecule has 0 aromatic heterocycles. The van der Waals surface area contributed by atoms with E-state index in [9.17, 15) is 5.11 Å². The molecule has 1 aromatic carbocycles. The molecular formula is C15H23NO. The molecule has 0 saturated heterocycles. The van der Waals surface area contributed by atoms with Gasteiger partial charge in [-0.1, -0.05) is 23.8 Å². The molecule has 0 bridgehead atoms. The van der Waals surface area contributed by atoms with Gasteiger partial charge in [-0.3, -0.25) is 0 Å². The van der Waals surface area contributed by atoms with Gasteiger partial charge in [0.1, 0.15) is 0 Å². The Morgan fingerprint density at radius 3 is 2.88 bits per heavy atom. The molecule has 1 aromatic rings. The van der Waals surface area contributed by atoms with Crippen molar-refractivity contribution in [3.8, 4) is 0 Å². The van der Waals surface area contributed by atoms with Crippen LogP contribution < -0.4 is 5.32 Å². The number of aliphatic hydroxyl groups is 1. The lowest BCUT2D eigenvalue weighted by Gasteiger charge is -2.21. The Balaban J connectivity index is 2.04. The number of nitrogens with one attached hydrogen (secondary N) is 1. The lowest BCUT2D eigenvalue weighted by molar-refractivity contribution is 0.168. The number of fused-ring (bicyclic) bond motifs is 1. The molecule has 0 aliphatic heterocycles. The monoisotopic (exact) mass is 233 g/mol. The van der Waals surface area contributed by atoms with Crippen LogP contribution in [0.3, 0.4) is 0 Å². The zero-order valence-corrected chi connectivity index (χ0v) is 11.0. The Morgan fingerprint density at radius 2 is 2.18 bits per heavy atom. The first-order valence-corrected chi connectivity index (χ1v) is 6.60. The highest BCUT2D eigenvalue weighted by Crippen LogP contribution is 2.32. The van der Waals surface area contributed by atoms with E-state index in [-0.39, 0.29) is 6.10 Å². The topological polar surface area (TPSA) is 32.3 Å². The molecule has 2 heteroatoms. The molecule has 0 radical (unpaired) electrons. The molecule has 2 rings (SSSR count). The van der Waals surface area contributed by atoms with Gasteiger partial charge in [-0.25, -0.2) is 0 Å². The predicted octanol–water partition coefficient (Wildman–Crippen LogP) is 2.73. The minimum Gasteiger partial charge on any atom is -0.393 e. The third-order valence-corrected chi connectivity index (χ3v) is 3.56. The summed E-state index contributed by atoms with van der Waals surface area (Å²) in [6.07, 6.45) is 2.95. The molecule has 3 unspecified atom stereocenters. The lowest BCUT2D eigenvalue weighted by atomic mass is 10.0. The van der Waals surface area contributed by atoms with E-state index >= 15 is 0 Å². The van der Waals surface area contributed by atoms with Gasteiger partial charge in [-0.15, -0.1) is 0 Å². The molecule has 1 aliphatic rings. The Hall–Kier alpha value is -0.860. The van der Waals surface area contributed by atoms with E-state index in [0.717, 1.165) is 6.42 Å². The fraction of sp³-hybridized carbons (Fsp3) is 0.600. The molecule has 0 amide bonds. The highest BCUT2D eigenvalue weighted by atomic mass is 16.3. The largest absolute Gasteiger partial charge is 0.393 e. The van der Waals surface area contributed by atoms with Crippen molar-refractivity contribution in [3.05, 3.63) is 34.9 Å². The van der Waals surface area contributed by atoms with Crippen LogP contribution in [0, 0.1) is 6.92 Å². The summed E-state index contributed by atoms with van der Waals surface area (Å²) >= 11 is 0. The average molecular weight is 233 g/mol. The Morgan fingerprint density at radius 1 is 1.41 bits per heavy atom. The third kappa shape index (κ3) is 3.08. The van der Waals surface area contributed by atoms with Crippen LogP contribution in [-0.4, -0.2) is 17.3 Å². The van der Waals surface area contributed by atoms with Crippen molar-refractivity contribution in [2.24, 2.45) is 0 Å². The van der Waals surface area contributed by atoms with Crippen molar-refractivity contribution in [2.45, 2.75) is 58.2 Å². The zero-order valence-electron chi connectivity index (χ0n) is 11.0. The van der Waals surface area contributed by atoms with E-state index in [1.807, 2.05) is 6.92 Å². The quantitative estimate of drug-likeness (QED) is 0.838. The van der Waals surface area contributed by atoms with Crippen LogP contribution in [0.2, 0.25) is 0 Å². The van der Waals surface area contributed by atoms with Crippen molar-refractivity contribution in [1.29, 1.82) is 0 Å². The minimum absolute atomic E-state index is 0.226. The molecule has 1 aliphatic carbocycles. The van der Waals surface area contributed by atoms with E-state index in [1.54, 1.807) is 0 Å². The maximum absolute atomic E-state index is 9.40. The van der Waals surface area contributed by atoms with Gasteiger partial charge in [0, 0.05) is 12.1 Å². The fourth-order valence-corrected chi connectivity index (χ4v) is 2.82. The van der Waals surface area contributed by atoms with Crippen molar-refractivity contribution < 1.29 is 5.11 Å². The molecule has 0 spiro atoms. The van der Waals surface area contributed by atoms with Crippen molar-refractivity contribution in [2.75, 3.05) is 0 Å². The molecule has 2 N–H and O–H groups in total. The maximum atomic E-state index is 9.40. The summed E-state index contributed by atoms with van der Waals surface area (Å²) in [7, 11) is 0. The van der Waals surface area contributed by atoms with Crippen LogP contribution in [0.4, 0.5) is 0 Å². The molecule has 17 heavy (non-hydrogen) atoms. The first-order valence-electron chi connectivity index (χ1n) is 6.60. The van der Waals surface area contributed by atoms with Gasteiger partial charge in [0.05, 0.1) is 6.10 Å². The first kappa shape index (κ1) is 12.6. The van der Waals surface area contributed by atoms with Gasteiger partial charge in [0.15, 0.2) is 0 Å². The zero-order chi connectivity index (χ0) is 12.4. The number of aryl methyl sites for hydroxylation is 2. The van der Waals surface area contributed by atoms with Gasteiger partial charge in [-0.2, -0.15) is 0 Å². The third-order valence-electron chi connectivity index (χ3n) is 3.56. The standard InChI is InChI=1S/C15H23NO/c1-10-4-5-13-6-7-15(14(13)8-10)16-11(2)9-12(3)17/h4-5,8,11-12,15-17H,6-7,9H2,1-3H3.